The van der Waals surface area contributed by atoms with E-state index >= 15 is 0 Å². The monoisotopic (exact) mass is 752 g/mol. The number of rotatable bonds is 8. The molecule has 1 unspecified atom stereocenters. The number of non-ortho nitro benzene ring substituents is 1. The molecule has 2 aliphatic heterocycles. The van der Waals surface area contributed by atoms with Gasteiger partial charge in [-0.1, -0.05) is 18.2 Å². The van der Waals surface area contributed by atoms with Gasteiger partial charge in [-0.05, 0) is 83.3 Å². The maximum absolute atomic E-state index is 13.6. The molecule has 7 rings (SSSR count). The lowest BCUT2D eigenvalue weighted by molar-refractivity contribution is -0.384. The van der Waals surface area contributed by atoms with E-state index in [1.807, 2.05) is 0 Å². The average Bonchev–Trinajstić information content (AvgIpc) is 3.67. The maximum atomic E-state index is 13.6. The molecule has 17 heteroatoms. The van der Waals surface area contributed by atoms with Crippen molar-refractivity contribution in [2.75, 3.05) is 0 Å². The van der Waals surface area contributed by atoms with E-state index in [1.54, 1.807) is 24.3 Å². The minimum atomic E-state index is -4.75. The van der Waals surface area contributed by atoms with Crippen molar-refractivity contribution in [1.29, 1.82) is 0 Å². The molecule has 0 aliphatic carbocycles. The van der Waals surface area contributed by atoms with Crippen LogP contribution in [-0.2, 0) is 29.4 Å². The molecule has 4 aromatic carbocycles. The molecule has 0 spiro atoms. The van der Waals surface area contributed by atoms with Crippen molar-refractivity contribution >= 4 is 35.2 Å². The van der Waals surface area contributed by atoms with E-state index in [9.17, 15) is 52.4 Å². The first-order valence-corrected chi connectivity index (χ1v) is 16.6. The lowest BCUT2D eigenvalue weighted by Gasteiger charge is -2.27. The Kier molecular flexibility index (Phi) is 9.00. The van der Waals surface area contributed by atoms with Crippen LogP contribution in [0.3, 0.4) is 0 Å². The highest BCUT2D eigenvalue weighted by atomic mass is 19.4. The molecule has 0 saturated carbocycles. The topological polar surface area (TPSA) is 194 Å². The Bertz CT molecular complexity index is 2460. The predicted molar refractivity (Wildman–Crippen MR) is 187 cm³/mol. The van der Waals surface area contributed by atoms with E-state index in [0.29, 0.717) is 22.3 Å². The van der Waals surface area contributed by atoms with Crippen molar-refractivity contribution in [2.45, 2.75) is 31.6 Å². The van der Waals surface area contributed by atoms with Crippen molar-refractivity contribution in [2.24, 2.45) is 7.05 Å². The molecule has 0 radical (unpaired) electrons. The number of carbonyl (C=O) groups is 5. The molecule has 1 atom stereocenters. The molecule has 0 bridgehead atoms. The highest BCUT2D eigenvalue weighted by molar-refractivity contribution is 6.23. The van der Waals surface area contributed by atoms with Gasteiger partial charge in [0, 0.05) is 48.8 Å². The Morgan fingerprint density at radius 1 is 0.891 bits per heavy atom. The molecule has 1 aromatic heterocycles. The largest absolute Gasteiger partial charge is 0.507 e. The van der Waals surface area contributed by atoms with Gasteiger partial charge in [-0.25, -0.2) is 0 Å². The minimum absolute atomic E-state index is 0.00734. The van der Waals surface area contributed by atoms with Crippen molar-refractivity contribution < 1.29 is 47.2 Å². The zero-order valence-electron chi connectivity index (χ0n) is 28.5. The zero-order chi connectivity index (χ0) is 39.3. The molecule has 2 aliphatic rings. The van der Waals surface area contributed by atoms with Gasteiger partial charge in [-0.15, -0.1) is 0 Å². The van der Waals surface area contributed by atoms with Crippen LogP contribution in [0.4, 0.5) is 18.9 Å². The summed E-state index contributed by atoms with van der Waals surface area (Å²) >= 11 is 0. The number of aryl methyl sites for hydroxylation is 1. The standard InChI is InChI=1S/C38H27F3N6O8/c1-45-30(17-31(44-45)38(39,40)41)28-16-23(15-26(33(28)49)21-7-9-24(10-8-21)47(54)55)20-3-5-22(6-4-20)34(50)42-18-19-2-11-25-27(14-19)37(53)46(36(25)52)29-12-13-32(48)43-35(29)51/h2-11,14-17,29,49H,12-13,18H2,1H3,(H,42,50)(H,43,48,51). The number of alkyl halides is 3. The van der Waals surface area contributed by atoms with E-state index in [-0.39, 0.29) is 64.3 Å². The first kappa shape index (κ1) is 36.2. The normalized spacial score (nSPS) is 15.6. The summed E-state index contributed by atoms with van der Waals surface area (Å²) in [7, 11) is 1.30. The first-order valence-electron chi connectivity index (χ1n) is 16.6. The van der Waals surface area contributed by atoms with Crippen LogP contribution in [0.2, 0.25) is 0 Å². The fraction of sp³-hybridized carbons (Fsp3) is 0.158. The second-order valence-corrected chi connectivity index (χ2v) is 12.8. The summed E-state index contributed by atoms with van der Waals surface area (Å²) < 4.78 is 41.6. The summed E-state index contributed by atoms with van der Waals surface area (Å²) in [6.07, 6.45) is -4.75. The van der Waals surface area contributed by atoms with Gasteiger partial charge in [0.25, 0.3) is 23.4 Å². The van der Waals surface area contributed by atoms with Gasteiger partial charge in [0.2, 0.25) is 11.8 Å². The van der Waals surface area contributed by atoms with Crippen LogP contribution < -0.4 is 10.6 Å². The van der Waals surface area contributed by atoms with Crippen LogP contribution >= 0.6 is 0 Å². The summed E-state index contributed by atoms with van der Waals surface area (Å²) in [5, 5.41) is 31.0. The molecular weight excluding hydrogens is 725 g/mol. The number of aromatic nitrogens is 2. The third-order valence-corrected chi connectivity index (χ3v) is 9.38. The molecular formula is C38H27F3N6O8. The van der Waals surface area contributed by atoms with E-state index in [2.05, 4.69) is 15.7 Å². The summed E-state index contributed by atoms with van der Waals surface area (Å²) in [5.74, 6) is -3.43. The Morgan fingerprint density at radius 3 is 2.18 bits per heavy atom. The Morgan fingerprint density at radius 2 is 1.55 bits per heavy atom. The van der Waals surface area contributed by atoms with Gasteiger partial charge in [-0.3, -0.25) is 49.0 Å². The third kappa shape index (κ3) is 6.78. The van der Waals surface area contributed by atoms with Crippen molar-refractivity contribution in [3.05, 3.63) is 123 Å². The number of nitro groups is 1. The maximum Gasteiger partial charge on any atom is 0.435 e. The molecule has 14 nitrogen and oxygen atoms in total. The number of benzene rings is 4. The van der Waals surface area contributed by atoms with Gasteiger partial charge in [0.1, 0.15) is 11.8 Å². The Balaban J connectivity index is 1.13. The average molecular weight is 753 g/mol. The number of fused-ring (bicyclic) bond motifs is 1. The van der Waals surface area contributed by atoms with Gasteiger partial charge in [-0.2, -0.15) is 18.3 Å². The van der Waals surface area contributed by atoms with Gasteiger partial charge < -0.3 is 10.4 Å². The fourth-order valence-electron chi connectivity index (χ4n) is 6.56. The summed E-state index contributed by atoms with van der Waals surface area (Å²) in [4.78, 5) is 74.7. The molecule has 1 saturated heterocycles. The molecule has 278 valence electrons. The van der Waals surface area contributed by atoms with Crippen molar-refractivity contribution in [3.63, 3.8) is 0 Å². The number of halogens is 3. The van der Waals surface area contributed by atoms with Crippen LogP contribution in [0.15, 0.2) is 84.9 Å². The summed E-state index contributed by atoms with van der Waals surface area (Å²) in [6, 6.07) is 18.7. The number of phenols is 1. The highest BCUT2D eigenvalue weighted by Gasteiger charge is 2.44. The number of imide groups is 2. The number of amides is 5. The lowest BCUT2D eigenvalue weighted by Crippen LogP contribution is -2.54. The van der Waals surface area contributed by atoms with E-state index in [4.69, 9.17) is 0 Å². The second kappa shape index (κ2) is 13.7. The van der Waals surface area contributed by atoms with Crippen LogP contribution in [-0.4, -0.2) is 60.3 Å². The zero-order valence-corrected chi connectivity index (χ0v) is 28.5. The number of hydrogen-bond donors (Lipinski definition) is 3. The molecule has 3 N–H and O–H groups in total. The number of nitrogens with zero attached hydrogens (tertiary/aromatic N) is 4. The lowest BCUT2D eigenvalue weighted by atomic mass is 9.93. The first-order chi connectivity index (χ1) is 26.1. The van der Waals surface area contributed by atoms with E-state index in [0.717, 1.165) is 15.6 Å². The molecule has 3 heterocycles. The van der Waals surface area contributed by atoms with E-state index in [1.165, 1.54) is 61.6 Å². The number of phenolic OH excluding ortho intramolecular Hbond substituents is 1. The number of aromatic hydroxyl groups is 1. The third-order valence-electron chi connectivity index (χ3n) is 9.38. The number of piperidine rings is 1. The van der Waals surface area contributed by atoms with Gasteiger partial charge in [0.05, 0.1) is 21.7 Å². The molecule has 5 aromatic rings. The number of carbonyl (C=O) groups excluding carboxylic acids is 5. The van der Waals surface area contributed by atoms with Crippen LogP contribution in [0.25, 0.3) is 33.5 Å². The quantitative estimate of drug-likeness (QED) is 0.106. The molecule has 55 heavy (non-hydrogen) atoms. The number of hydrogen-bond acceptors (Lipinski definition) is 9. The van der Waals surface area contributed by atoms with Gasteiger partial charge in [0.15, 0.2) is 5.69 Å². The van der Waals surface area contributed by atoms with Gasteiger partial charge >= 0.3 is 6.18 Å². The van der Waals surface area contributed by atoms with Crippen LogP contribution in [0.5, 0.6) is 5.75 Å². The predicted octanol–water partition coefficient (Wildman–Crippen LogP) is 5.38. The summed E-state index contributed by atoms with van der Waals surface area (Å²) in [5.41, 5.74) is 0.947. The smallest absolute Gasteiger partial charge is 0.435 e. The Labute approximate surface area is 308 Å². The number of nitro benzene ring substituents is 1. The molecule has 5 amide bonds. The SMILES string of the molecule is Cn1nc(C(F)(F)F)cc1-c1cc(-c2ccc(C(=O)NCc3ccc4c(c3)C(=O)N(C3CCC(=O)NC3=O)C4=O)cc2)cc(-c2ccc([N+](=O)[O-])cc2)c1O. The minimum Gasteiger partial charge on any atom is -0.507 e. The Hall–Kier alpha value is -7.17. The summed E-state index contributed by atoms with van der Waals surface area (Å²) in [6.45, 7) is -0.0295. The van der Waals surface area contributed by atoms with Crippen molar-refractivity contribution in [3.8, 4) is 39.3 Å². The fourth-order valence-corrected chi connectivity index (χ4v) is 6.56. The highest BCUT2D eigenvalue weighted by Crippen LogP contribution is 2.43. The molecule has 1 fully saturated rings. The van der Waals surface area contributed by atoms with Crippen LogP contribution in [0, 0.1) is 10.1 Å². The second-order valence-electron chi connectivity index (χ2n) is 12.8. The number of nitrogens with one attached hydrogen (secondary N) is 2. The van der Waals surface area contributed by atoms with E-state index < -0.39 is 52.4 Å². The van der Waals surface area contributed by atoms with Crippen molar-refractivity contribution in [1.82, 2.24) is 25.3 Å². The van der Waals surface area contributed by atoms with Crippen LogP contribution in [0.1, 0.15) is 55.2 Å².